The molecule has 4 rings (SSSR count). The van der Waals surface area contributed by atoms with Crippen LogP contribution in [0.2, 0.25) is 0 Å². The molecule has 27 heavy (non-hydrogen) atoms. The maximum atomic E-state index is 12.9. The third kappa shape index (κ3) is 4.23. The Labute approximate surface area is 159 Å². The van der Waals surface area contributed by atoms with Crippen LogP contribution in [0.15, 0.2) is 28.8 Å². The Morgan fingerprint density at radius 3 is 2.81 bits per heavy atom. The van der Waals surface area contributed by atoms with E-state index in [1.54, 1.807) is 11.8 Å². The molecule has 0 spiro atoms. The van der Waals surface area contributed by atoms with E-state index >= 15 is 0 Å². The van der Waals surface area contributed by atoms with Gasteiger partial charge in [-0.2, -0.15) is 4.98 Å². The number of anilines is 1. The van der Waals surface area contributed by atoms with Gasteiger partial charge in [-0.1, -0.05) is 11.2 Å². The second-order valence-electron chi connectivity index (χ2n) is 7.37. The fourth-order valence-electron chi connectivity index (χ4n) is 3.92. The van der Waals surface area contributed by atoms with Gasteiger partial charge < -0.3 is 19.5 Å². The van der Waals surface area contributed by atoms with Gasteiger partial charge in [0.2, 0.25) is 5.89 Å². The van der Waals surface area contributed by atoms with Gasteiger partial charge in [-0.05, 0) is 64.0 Å². The molecule has 1 aromatic carbocycles. The smallest absolute Gasteiger partial charge is 0.322 e. The Balaban J connectivity index is 1.44. The van der Waals surface area contributed by atoms with E-state index in [0.29, 0.717) is 24.4 Å². The number of nitrogens with zero attached hydrogens (tertiary/aromatic N) is 3. The lowest BCUT2D eigenvalue weighted by Gasteiger charge is -2.33. The minimum Gasteiger partial charge on any atom is -0.490 e. The first-order valence-electron chi connectivity index (χ1n) is 9.83. The second kappa shape index (κ2) is 7.98. The van der Waals surface area contributed by atoms with Crippen molar-refractivity contribution >= 4 is 11.7 Å². The van der Waals surface area contributed by atoms with Crippen molar-refractivity contribution in [2.75, 3.05) is 11.9 Å². The molecule has 2 aromatic rings. The maximum absolute atomic E-state index is 12.9. The van der Waals surface area contributed by atoms with E-state index in [0.717, 1.165) is 43.5 Å². The number of rotatable bonds is 4. The monoisotopic (exact) mass is 370 g/mol. The molecule has 1 saturated heterocycles. The van der Waals surface area contributed by atoms with Crippen molar-refractivity contribution in [1.82, 2.24) is 15.0 Å². The number of likely N-dealkylation sites (tertiary alicyclic amines) is 1. The zero-order valence-corrected chi connectivity index (χ0v) is 15.7. The summed E-state index contributed by atoms with van der Waals surface area (Å²) < 4.78 is 11.4. The molecule has 2 amide bonds. The number of piperidine rings is 1. The number of nitrogens with one attached hydrogen (secondary N) is 1. The van der Waals surface area contributed by atoms with Crippen molar-refractivity contribution in [3.63, 3.8) is 0 Å². The minimum atomic E-state index is -0.169. The lowest BCUT2D eigenvalue weighted by molar-refractivity contribution is 0.142. The van der Waals surface area contributed by atoms with Crippen molar-refractivity contribution in [2.24, 2.45) is 0 Å². The van der Waals surface area contributed by atoms with E-state index in [1.807, 2.05) is 24.3 Å². The van der Waals surface area contributed by atoms with Crippen molar-refractivity contribution in [2.45, 2.75) is 64.0 Å². The molecule has 7 nitrogen and oxygen atoms in total. The molecule has 1 atom stereocenters. The summed E-state index contributed by atoms with van der Waals surface area (Å²) in [5.41, 5.74) is 0.738. The first-order chi connectivity index (χ1) is 13.2. The molecule has 1 saturated carbocycles. The van der Waals surface area contributed by atoms with Gasteiger partial charge in [0.05, 0.1) is 6.10 Å². The number of aromatic nitrogens is 2. The molecule has 1 aliphatic heterocycles. The first kappa shape index (κ1) is 17.8. The molecule has 0 bridgehead atoms. The highest BCUT2D eigenvalue weighted by Gasteiger charge is 2.32. The van der Waals surface area contributed by atoms with E-state index < -0.39 is 0 Å². The number of hydrogen-bond acceptors (Lipinski definition) is 5. The molecule has 2 aliphatic rings. The number of amides is 2. The predicted octanol–water partition coefficient (Wildman–Crippen LogP) is 4.46. The molecule has 1 N–H and O–H groups in total. The van der Waals surface area contributed by atoms with Gasteiger partial charge in [-0.3, -0.25) is 0 Å². The van der Waals surface area contributed by atoms with Gasteiger partial charge in [0.25, 0.3) is 0 Å². The molecule has 2 fully saturated rings. The van der Waals surface area contributed by atoms with Crippen LogP contribution < -0.4 is 10.1 Å². The molecule has 2 heterocycles. The third-order valence-corrected chi connectivity index (χ3v) is 5.28. The predicted molar refractivity (Wildman–Crippen MR) is 101 cm³/mol. The summed E-state index contributed by atoms with van der Waals surface area (Å²) in [7, 11) is 0. The summed E-state index contributed by atoms with van der Waals surface area (Å²) in [6, 6.07) is 7.32. The number of aryl methyl sites for hydroxylation is 1. The fraction of sp³-hybridized carbons (Fsp3) is 0.550. The summed E-state index contributed by atoms with van der Waals surface area (Å²) in [6.07, 6.45) is 7.82. The summed E-state index contributed by atoms with van der Waals surface area (Å²) >= 11 is 0. The van der Waals surface area contributed by atoms with Crippen LogP contribution in [0.1, 0.15) is 62.7 Å². The number of benzene rings is 1. The van der Waals surface area contributed by atoms with E-state index in [2.05, 4.69) is 15.5 Å². The molecular formula is C20H26N4O3. The zero-order valence-electron chi connectivity index (χ0n) is 15.7. The summed E-state index contributed by atoms with van der Waals surface area (Å²) in [6.45, 7) is 2.46. The molecule has 144 valence electrons. The van der Waals surface area contributed by atoms with Gasteiger partial charge in [-0.15, -0.1) is 0 Å². The number of carbonyl (C=O) groups is 1. The van der Waals surface area contributed by atoms with Gasteiger partial charge in [0.15, 0.2) is 5.82 Å². The van der Waals surface area contributed by atoms with E-state index in [4.69, 9.17) is 9.26 Å². The standard InChI is InChI=1S/C20H26N4O3/c1-14-21-19(27-23-14)18-11-4-5-12-24(18)20(25)22-15-7-6-10-17(13-15)26-16-8-2-3-9-16/h6-7,10,13,16,18H,2-5,8-9,11-12H2,1H3,(H,22,25). The van der Waals surface area contributed by atoms with E-state index in [-0.39, 0.29) is 12.1 Å². The van der Waals surface area contributed by atoms with Crippen LogP contribution >= 0.6 is 0 Å². The van der Waals surface area contributed by atoms with Crippen molar-refractivity contribution in [1.29, 1.82) is 0 Å². The Kier molecular flexibility index (Phi) is 5.27. The average Bonchev–Trinajstić information content (AvgIpc) is 3.34. The number of carbonyl (C=O) groups excluding carboxylic acids is 1. The lowest BCUT2D eigenvalue weighted by Crippen LogP contribution is -2.41. The molecule has 1 aromatic heterocycles. The van der Waals surface area contributed by atoms with Gasteiger partial charge in [-0.25, -0.2) is 4.79 Å². The molecule has 1 aliphatic carbocycles. The average molecular weight is 370 g/mol. The topological polar surface area (TPSA) is 80.5 Å². The van der Waals surface area contributed by atoms with Gasteiger partial charge in [0, 0.05) is 18.3 Å². The fourth-order valence-corrected chi connectivity index (χ4v) is 3.92. The normalized spacial score (nSPS) is 20.6. The summed E-state index contributed by atoms with van der Waals surface area (Å²) in [5, 5.41) is 6.87. The molecular weight excluding hydrogens is 344 g/mol. The van der Waals surface area contributed by atoms with E-state index in [1.165, 1.54) is 12.8 Å². The van der Waals surface area contributed by atoms with Crippen LogP contribution in [0.4, 0.5) is 10.5 Å². The van der Waals surface area contributed by atoms with Crippen molar-refractivity contribution in [3.8, 4) is 5.75 Å². The van der Waals surface area contributed by atoms with Crippen LogP contribution in [0, 0.1) is 6.92 Å². The SMILES string of the molecule is Cc1noc(C2CCCCN2C(=O)Nc2cccc(OC3CCCC3)c2)n1. The zero-order chi connectivity index (χ0) is 18.6. The lowest BCUT2D eigenvalue weighted by atomic mass is 10.0. The van der Waals surface area contributed by atoms with Crippen LogP contribution in [0.3, 0.4) is 0 Å². The first-order valence-corrected chi connectivity index (χ1v) is 9.83. The Morgan fingerprint density at radius 1 is 1.22 bits per heavy atom. The van der Waals surface area contributed by atoms with Gasteiger partial charge >= 0.3 is 6.03 Å². The van der Waals surface area contributed by atoms with Crippen LogP contribution in [-0.2, 0) is 0 Å². The quantitative estimate of drug-likeness (QED) is 0.859. The van der Waals surface area contributed by atoms with E-state index in [9.17, 15) is 4.79 Å². The highest BCUT2D eigenvalue weighted by molar-refractivity contribution is 5.89. The van der Waals surface area contributed by atoms with Crippen molar-refractivity contribution in [3.05, 3.63) is 36.0 Å². The van der Waals surface area contributed by atoms with Gasteiger partial charge in [0.1, 0.15) is 11.8 Å². The highest BCUT2D eigenvalue weighted by atomic mass is 16.5. The molecule has 0 radical (unpaired) electrons. The summed E-state index contributed by atoms with van der Waals surface area (Å²) in [5.74, 6) is 1.91. The minimum absolute atomic E-state index is 0.145. The van der Waals surface area contributed by atoms with Crippen molar-refractivity contribution < 1.29 is 14.1 Å². The Morgan fingerprint density at radius 2 is 2.04 bits per heavy atom. The highest BCUT2D eigenvalue weighted by Crippen LogP contribution is 2.31. The van der Waals surface area contributed by atoms with Crippen LogP contribution in [0.25, 0.3) is 0 Å². The largest absolute Gasteiger partial charge is 0.490 e. The maximum Gasteiger partial charge on any atom is 0.322 e. The Bertz CT molecular complexity index is 785. The van der Waals surface area contributed by atoms with Crippen LogP contribution in [-0.4, -0.2) is 33.7 Å². The third-order valence-electron chi connectivity index (χ3n) is 5.28. The molecule has 7 heteroatoms. The van der Waals surface area contributed by atoms with Crippen LogP contribution in [0.5, 0.6) is 5.75 Å². The summed E-state index contributed by atoms with van der Waals surface area (Å²) in [4.78, 5) is 19.0. The Hall–Kier alpha value is -2.57. The molecule has 1 unspecified atom stereocenters. The number of hydrogen-bond donors (Lipinski definition) is 1. The number of urea groups is 1. The number of ether oxygens (including phenoxy) is 1. The second-order valence-corrected chi connectivity index (χ2v) is 7.37.